The van der Waals surface area contributed by atoms with Crippen LogP contribution < -0.4 is 10.2 Å². The van der Waals surface area contributed by atoms with E-state index in [-0.39, 0.29) is 56.1 Å². The third-order valence-electron chi connectivity index (χ3n) is 12.1. The second-order valence-electron chi connectivity index (χ2n) is 16.5. The smallest absolute Gasteiger partial charge is 0.335 e. The summed E-state index contributed by atoms with van der Waals surface area (Å²) in [4.78, 5) is 69.3. The zero-order valence-electron chi connectivity index (χ0n) is 38.5. The summed E-state index contributed by atoms with van der Waals surface area (Å²) in [6, 6.07) is 19.1. The molecule has 6 rings (SSSR count). The molecule has 3 aromatic rings. The lowest BCUT2D eigenvalue weighted by Crippen LogP contribution is -2.33. The van der Waals surface area contributed by atoms with Crippen molar-refractivity contribution in [2.45, 2.75) is 86.5 Å². The van der Waals surface area contributed by atoms with Gasteiger partial charge in [-0.1, -0.05) is 37.3 Å². The molecule has 2 aliphatic carbocycles. The molecule has 3 aromatic carbocycles. The van der Waals surface area contributed by atoms with Gasteiger partial charge in [-0.15, -0.1) is 10.2 Å². The minimum atomic E-state index is -0.773. The summed E-state index contributed by atoms with van der Waals surface area (Å²) in [7, 11) is 1.59. The number of aryl methyl sites for hydroxylation is 1. The number of hydrogen-bond donors (Lipinski definition) is 1. The van der Waals surface area contributed by atoms with Gasteiger partial charge in [-0.25, -0.2) is 14.4 Å². The minimum absolute atomic E-state index is 0.0148. The lowest BCUT2D eigenvalue weighted by Gasteiger charge is -2.41. The third-order valence-corrected chi connectivity index (χ3v) is 12.1. The van der Waals surface area contributed by atoms with Gasteiger partial charge in [0.2, 0.25) is 11.6 Å². The van der Waals surface area contributed by atoms with Crippen molar-refractivity contribution in [3.05, 3.63) is 117 Å². The molecular weight excluding hydrogens is 811 g/mol. The first-order valence-electron chi connectivity index (χ1n) is 22.1. The maximum atomic E-state index is 14.4. The Balaban J connectivity index is 1.18. The van der Waals surface area contributed by atoms with Crippen LogP contribution in [0.5, 0.6) is 0 Å². The number of benzene rings is 3. The number of amides is 4. The number of ether oxygens (including phenoxy) is 1. The molecule has 0 spiro atoms. The van der Waals surface area contributed by atoms with Gasteiger partial charge in [0.15, 0.2) is 0 Å². The van der Waals surface area contributed by atoms with E-state index >= 15 is 0 Å². The van der Waals surface area contributed by atoms with Crippen LogP contribution in [0.25, 0.3) is 5.57 Å². The first-order valence-corrected chi connectivity index (χ1v) is 22.1. The summed E-state index contributed by atoms with van der Waals surface area (Å²) in [6.45, 7) is 21.3. The summed E-state index contributed by atoms with van der Waals surface area (Å²) in [6.07, 6.45) is 4.54. The number of hydroxylamine groups is 2. The van der Waals surface area contributed by atoms with E-state index in [9.17, 15) is 24.0 Å². The maximum Gasteiger partial charge on any atom is 0.335 e. The van der Waals surface area contributed by atoms with Gasteiger partial charge in [0.25, 0.3) is 17.7 Å². The van der Waals surface area contributed by atoms with Gasteiger partial charge in [0, 0.05) is 67.0 Å². The highest BCUT2D eigenvalue weighted by Gasteiger charge is 2.41. The Morgan fingerprint density at radius 2 is 1.52 bits per heavy atom. The van der Waals surface area contributed by atoms with Crippen LogP contribution in [0.1, 0.15) is 107 Å². The summed E-state index contributed by atoms with van der Waals surface area (Å²) < 4.78 is 7.77. The van der Waals surface area contributed by atoms with Gasteiger partial charge in [-0.3, -0.25) is 19.2 Å². The van der Waals surface area contributed by atoms with E-state index in [1.165, 1.54) is 38.7 Å². The van der Waals surface area contributed by atoms with Gasteiger partial charge in [0.1, 0.15) is 13.1 Å². The fourth-order valence-electron chi connectivity index (χ4n) is 8.52. The van der Waals surface area contributed by atoms with Crippen LogP contribution in [0.3, 0.4) is 0 Å². The van der Waals surface area contributed by atoms with Gasteiger partial charge >= 0.3 is 5.97 Å². The molecular formula is C50H60N7O7+. The van der Waals surface area contributed by atoms with E-state index in [1.54, 1.807) is 31.3 Å². The molecule has 1 heterocycles. The average molecular weight is 871 g/mol. The van der Waals surface area contributed by atoms with E-state index in [0.717, 1.165) is 48.5 Å². The van der Waals surface area contributed by atoms with Crippen molar-refractivity contribution in [3.8, 4) is 0 Å². The molecule has 1 fully saturated rings. The molecule has 0 atom stereocenters. The summed E-state index contributed by atoms with van der Waals surface area (Å²) in [5, 5.41) is 13.2. The van der Waals surface area contributed by atoms with E-state index < -0.39 is 17.8 Å². The van der Waals surface area contributed by atoms with Crippen LogP contribution in [-0.2, 0) is 34.2 Å². The fraction of sp³-hybridized carbons (Fsp3) is 0.400. The topological polar surface area (TPSA) is 153 Å². The first-order chi connectivity index (χ1) is 30.6. The highest BCUT2D eigenvalue weighted by molar-refractivity contribution is 6.11. The fourth-order valence-corrected chi connectivity index (χ4v) is 8.52. The molecule has 64 heavy (non-hydrogen) atoms. The Kier molecular flexibility index (Phi) is 14.9. The number of carbonyl (C=O) groups is 5. The Labute approximate surface area is 375 Å². The van der Waals surface area contributed by atoms with Gasteiger partial charge in [-0.2, -0.15) is 0 Å². The Hall–Kier alpha value is -6.54. The maximum absolute atomic E-state index is 14.4. The molecule has 0 unspecified atom stereocenters. The number of nitrogens with zero attached hydrogens (tertiary/aromatic N) is 6. The Bertz CT molecular complexity index is 2470. The number of hydrogen-bond acceptors (Lipinski definition) is 10. The van der Waals surface area contributed by atoms with Crippen molar-refractivity contribution in [1.82, 2.24) is 10.1 Å². The zero-order valence-corrected chi connectivity index (χ0v) is 38.5. The molecule has 0 bridgehead atoms. The number of rotatable bonds is 17. The molecule has 336 valence electrons. The van der Waals surface area contributed by atoms with Crippen molar-refractivity contribution in [2.75, 3.05) is 56.7 Å². The third kappa shape index (κ3) is 9.97. The van der Waals surface area contributed by atoms with E-state index in [4.69, 9.17) is 9.57 Å². The summed E-state index contributed by atoms with van der Waals surface area (Å²) in [5.74, 6) is -2.50. The first kappa shape index (κ1) is 47.0. The standard InChI is InChI=1S/C50H59N7O7/c1-10-55(11-2)42-30-40-38(28-32(42)5)48(39-29-33(6)43(56(12-3)13-4)31-41(39)50(40,7)8)36-16-14-15-17-37(36)49(62)54(9)53-52-35-20-18-34(19-21-35)51-44(58)24-26-63-27-25-47(61)64-57-45(59)22-23-46(57)60/h14-21,28-31H,10-13,22-27H2,1-9H3/p+1. The predicted molar refractivity (Wildman–Crippen MR) is 247 cm³/mol. The van der Waals surface area contributed by atoms with Crippen LogP contribution in [-0.4, -0.2) is 96.4 Å². The summed E-state index contributed by atoms with van der Waals surface area (Å²) >= 11 is 0. The summed E-state index contributed by atoms with van der Waals surface area (Å²) in [5.41, 5.74) is 12.4. The van der Waals surface area contributed by atoms with E-state index in [2.05, 4.69) is 105 Å². The number of carbonyl (C=O) groups excluding carboxylic acids is 5. The van der Waals surface area contributed by atoms with Crippen molar-refractivity contribution in [3.63, 3.8) is 0 Å². The van der Waals surface area contributed by atoms with Gasteiger partial charge < -0.3 is 19.8 Å². The quantitative estimate of drug-likeness (QED) is 0.0467. The van der Waals surface area contributed by atoms with Crippen LogP contribution in [0.15, 0.2) is 99.9 Å². The molecule has 0 radical (unpaired) electrons. The number of imide groups is 1. The van der Waals surface area contributed by atoms with E-state index in [0.29, 0.717) is 22.0 Å². The number of nitrogens with one attached hydrogen (secondary N) is 1. The zero-order chi connectivity index (χ0) is 46.3. The van der Waals surface area contributed by atoms with Crippen molar-refractivity contribution >= 4 is 57.9 Å². The van der Waals surface area contributed by atoms with Crippen molar-refractivity contribution in [2.24, 2.45) is 10.3 Å². The second kappa shape index (κ2) is 20.3. The molecule has 1 N–H and O–H groups in total. The van der Waals surface area contributed by atoms with Crippen LogP contribution in [0, 0.1) is 6.92 Å². The normalized spacial score (nSPS) is 15.5. The largest absolute Gasteiger partial charge is 0.380 e. The average Bonchev–Trinajstić information content (AvgIpc) is 3.59. The highest BCUT2D eigenvalue weighted by Crippen LogP contribution is 2.52. The molecule has 1 aliphatic heterocycles. The predicted octanol–water partition coefficient (Wildman–Crippen LogP) is 8.43. The van der Waals surface area contributed by atoms with Crippen molar-refractivity contribution < 1.29 is 38.1 Å². The molecule has 14 heteroatoms. The molecule has 0 aromatic heterocycles. The van der Waals surface area contributed by atoms with Gasteiger partial charge in [0.05, 0.1) is 31.7 Å². The molecule has 0 saturated carbocycles. The van der Waals surface area contributed by atoms with Gasteiger partial charge in [-0.05, 0) is 129 Å². The van der Waals surface area contributed by atoms with E-state index in [1.807, 2.05) is 24.3 Å². The number of anilines is 2. The second-order valence-corrected chi connectivity index (χ2v) is 16.5. The lowest BCUT2D eigenvalue weighted by molar-refractivity contribution is -0.519. The highest BCUT2D eigenvalue weighted by atomic mass is 16.7. The molecule has 3 aliphatic rings. The Morgan fingerprint density at radius 3 is 2.17 bits per heavy atom. The molecule has 1 saturated heterocycles. The van der Waals surface area contributed by atoms with Crippen LogP contribution >= 0.6 is 0 Å². The SMILES string of the molecule is CCN(CC)c1cc2c(cc1C)C(c1ccccc1C(=O)N(C)N=Nc1ccc(NC(=O)CCOCCC(=O)ON3C(=O)CCC3=O)cc1)=C1C=C(C)C(=[N+](CC)CC)C=C1C2(C)C. The lowest BCUT2D eigenvalue weighted by atomic mass is 9.63. The van der Waals surface area contributed by atoms with Crippen molar-refractivity contribution in [1.29, 1.82) is 0 Å². The molecule has 4 amide bonds. The van der Waals surface area contributed by atoms with Crippen LogP contribution in [0.2, 0.25) is 0 Å². The number of allylic oxidation sites excluding steroid dienone is 5. The number of fused-ring (bicyclic) bond motifs is 2. The molecule has 14 nitrogen and oxygen atoms in total. The minimum Gasteiger partial charge on any atom is -0.380 e. The van der Waals surface area contributed by atoms with Crippen LogP contribution in [0.4, 0.5) is 17.1 Å². The Morgan fingerprint density at radius 1 is 0.859 bits per heavy atom. The monoisotopic (exact) mass is 870 g/mol.